The Kier molecular flexibility index (Phi) is 6.92. The van der Waals surface area contributed by atoms with Crippen molar-refractivity contribution >= 4 is 34.8 Å². The summed E-state index contributed by atoms with van der Waals surface area (Å²) < 4.78 is 39.0. The van der Waals surface area contributed by atoms with Crippen LogP contribution in [-0.2, 0) is 17.5 Å². The lowest BCUT2D eigenvalue weighted by Crippen LogP contribution is -3.11. The van der Waals surface area contributed by atoms with Crippen molar-refractivity contribution in [3.63, 3.8) is 0 Å². The van der Waals surface area contributed by atoms with Crippen LogP contribution in [0, 0.1) is 0 Å². The highest BCUT2D eigenvalue weighted by atomic mass is 35.5. The molecule has 0 fully saturated rings. The smallest absolute Gasteiger partial charge is 0.324 e. The summed E-state index contributed by atoms with van der Waals surface area (Å²) in [7, 11) is 0. The Labute approximate surface area is 159 Å². The molecule has 1 unspecified atom stereocenters. The monoisotopic (exact) mass is 405 g/mol. The van der Waals surface area contributed by atoms with E-state index in [-0.39, 0.29) is 12.2 Å². The first-order chi connectivity index (χ1) is 12.2. The third-order valence-electron chi connectivity index (χ3n) is 3.87. The molecule has 0 aliphatic carbocycles. The number of alkyl halides is 3. The summed E-state index contributed by atoms with van der Waals surface area (Å²) in [4.78, 5) is 13.1. The number of anilines is 1. The number of carbonyl (C=O) groups is 1. The number of likely N-dealkylation sites (N-methyl/N-ethyl adjacent to an activating group) is 1. The van der Waals surface area contributed by atoms with Gasteiger partial charge in [0.15, 0.2) is 6.54 Å². The molecule has 140 valence electrons. The molecule has 0 heterocycles. The molecule has 0 spiro atoms. The first-order valence-corrected chi connectivity index (χ1v) is 8.70. The van der Waals surface area contributed by atoms with Crippen molar-refractivity contribution in [1.29, 1.82) is 0 Å². The molecule has 26 heavy (non-hydrogen) atoms. The van der Waals surface area contributed by atoms with E-state index in [0.717, 1.165) is 16.5 Å². The maximum Gasteiger partial charge on any atom is 0.418 e. The molecule has 2 rings (SSSR count). The minimum atomic E-state index is -4.53. The molecule has 0 aromatic heterocycles. The van der Waals surface area contributed by atoms with E-state index in [2.05, 4.69) is 5.32 Å². The van der Waals surface area contributed by atoms with Crippen molar-refractivity contribution < 1.29 is 22.9 Å². The van der Waals surface area contributed by atoms with Crippen LogP contribution in [0.5, 0.6) is 0 Å². The molecular formula is C18H18Cl2F3N2O+. The van der Waals surface area contributed by atoms with Crippen molar-refractivity contribution in [2.24, 2.45) is 0 Å². The minimum Gasteiger partial charge on any atom is -0.324 e. The van der Waals surface area contributed by atoms with Crippen LogP contribution in [0.2, 0.25) is 10.0 Å². The topological polar surface area (TPSA) is 33.5 Å². The summed E-state index contributed by atoms with van der Waals surface area (Å²) in [6, 6.07) is 10.0. The second-order valence-corrected chi connectivity index (χ2v) is 6.63. The summed E-state index contributed by atoms with van der Waals surface area (Å²) in [6.07, 6.45) is -4.53. The zero-order valence-electron chi connectivity index (χ0n) is 14.0. The van der Waals surface area contributed by atoms with Gasteiger partial charge in [0, 0.05) is 10.6 Å². The summed E-state index contributed by atoms with van der Waals surface area (Å²) in [5, 5.41) is 3.36. The molecular weight excluding hydrogens is 388 g/mol. The normalized spacial score (nSPS) is 12.7. The van der Waals surface area contributed by atoms with E-state index in [1.54, 1.807) is 18.2 Å². The fourth-order valence-corrected chi connectivity index (χ4v) is 2.98. The largest absolute Gasteiger partial charge is 0.418 e. The summed E-state index contributed by atoms with van der Waals surface area (Å²) in [6.45, 7) is 2.96. The van der Waals surface area contributed by atoms with Crippen LogP contribution in [0.1, 0.15) is 18.1 Å². The number of para-hydroxylation sites is 1. The van der Waals surface area contributed by atoms with Gasteiger partial charge in [0.2, 0.25) is 0 Å². The second-order valence-electron chi connectivity index (χ2n) is 5.78. The molecule has 0 aliphatic rings. The van der Waals surface area contributed by atoms with Crippen LogP contribution in [0.25, 0.3) is 0 Å². The maximum absolute atomic E-state index is 13.0. The first-order valence-electron chi connectivity index (χ1n) is 7.94. The van der Waals surface area contributed by atoms with E-state index in [1.807, 2.05) is 6.92 Å². The lowest BCUT2D eigenvalue weighted by Gasteiger charge is -2.19. The highest BCUT2D eigenvalue weighted by molar-refractivity contribution is 6.35. The maximum atomic E-state index is 13.0. The van der Waals surface area contributed by atoms with Gasteiger partial charge in [-0.2, -0.15) is 13.2 Å². The number of hydrogen-bond donors (Lipinski definition) is 2. The predicted octanol–water partition coefficient (Wildman–Crippen LogP) is 4.06. The van der Waals surface area contributed by atoms with Gasteiger partial charge in [0.25, 0.3) is 5.91 Å². The molecule has 0 radical (unpaired) electrons. The highest BCUT2D eigenvalue weighted by Gasteiger charge is 2.33. The van der Waals surface area contributed by atoms with Crippen molar-refractivity contribution in [1.82, 2.24) is 0 Å². The van der Waals surface area contributed by atoms with Gasteiger partial charge in [0.05, 0.1) is 22.8 Å². The third kappa shape index (κ3) is 5.62. The van der Waals surface area contributed by atoms with Crippen LogP contribution in [0.15, 0.2) is 42.5 Å². The van der Waals surface area contributed by atoms with Crippen LogP contribution in [0.3, 0.4) is 0 Å². The zero-order valence-corrected chi connectivity index (χ0v) is 15.5. The average molecular weight is 406 g/mol. The summed E-state index contributed by atoms with van der Waals surface area (Å²) in [5.41, 5.74) is -0.298. The lowest BCUT2D eigenvalue weighted by molar-refractivity contribution is -0.903. The molecule has 2 N–H and O–H groups in total. The molecule has 0 saturated heterocycles. The van der Waals surface area contributed by atoms with Crippen molar-refractivity contribution in [2.45, 2.75) is 19.6 Å². The van der Waals surface area contributed by atoms with Gasteiger partial charge in [-0.05, 0) is 31.2 Å². The van der Waals surface area contributed by atoms with E-state index < -0.39 is 17.6 Å². The standard InChI is InChI=1S/C18H17Cl2F3N2O/c1-2-25(10-12-7-8-13(19)9-15(12)20)11-17(26)24-16-6-4-3-5-14(16)18(21,22)23/h3-9H,2,10-11H2,1H3,(H,24,26)/p+1. The number of hydrogen-bond acceptors (Lipinski definition) is 1. The van der Waals surface area contributed by atoms with E-state index in [9.17, 15) is 18.0 Å². The molecule has 2 aromatic rings. The summed E-state index contributed by atoms with van der Waals surface area (Å²) in [5.74, 6) is -0.497. The Morgan fingerprint density at radius 3 is 2.46 bits per heavy atom. The number of amides is 1. The van der Waals surface area contributed by atoms with Crippen molar-refractivity contribution in [3.05, 3.63) is 63.6 Å². The minimum absolute atomic E-state index is 0.0155. The second kappa shape index (κ2) is 8.75. The number of halogens is 5. The third-order valence-corrected chi connectivity index (χ3v) is 4.46. The SMILES string of the molecule is CC[NH+](CC(=O)Nc1ccccc1C(F)(F)F)Cc1ccc(Cl)cc1Cl. The van der Waals surface area contributed by atoms with Gasteiger partial charge < -0.3 is 10.2 Å². The number of nitrogens with one attached hydrogen (secondary N) is 2. The van der Waals surface area contributed by atoms with Gasteiger partial charge in [-0.1, -0.05) is 41.4 Å². The fraction of sp³-hybridized carbons (Fsp3) is 0.278. The highest BCUT2D eigenvalue weighted by Crippen LogP contribution is 2.34. The van der Waals surface area contributed by atoms with E-state index in [0.29, 0.717) is 23.1 Å². The van der Waals surface area contributed by atoms with E-state index in [4.69, 9.17) is 23.2 Å². The van der Waals surface area contributed by atoms with Gasteiger partial charge in [0.1, 0.15) is 6.54 Å². The molecule has 0 saturated carbocycles. The Hall–Kier alpha value is -1.76. The van der Waals surface area contributed by atoms with Gasteiger partial charge >= 0.3 is 6.18 Å². The number of quaternary nitrogens is 1. The fourth-order valence-electron chi connectivity index (χ4n) is 2.51. The Morgan fingerprint density at radius 2 is 1.85 bits per heavy atom. The van der Waals surface area contributed by atoms with Crippen LogP contribution in [0.4, 0.5) is 18.9 Å². The first kappa shape index (κ1) is 20.6. The molecule has 0 bridgehead atoms. The Bertz CT molecular complexity index is 781. The van der Waals surface area contributed by atoms with Crippen LogP contribution < -0.4 is 10.2 Å². The zero-order chi connectivity index (χ0) is 19.3. The summed E-state index contributed by atoms with van der Waals surface area (Å²) >= 11 is 12.0. The van der Waals surface area contributed by atoms with Gasteiger partial charge in [-0.3, -0.25) is 4.79 Å². The lowest BCUT2D eigenvalue weighted by atomic mass is 10.1. The average Bonchev–Trinajstić information content (AvgIpc) is 2.56. The van der Waals surface area contributed by atoms with Crippen LogP contribution in [-0.4, -0.2) is 19.0 Å². The van der Waals surface area contributed by atoms with Crippen LogP contribution >= 0.6 is 23.2 Å². The van der Waals surface area contributed by atoms with Gasteiger partial charge in [-0.25, -0.2) is 0 Å². The molecule has 2 aromatic carbocycles. The molecule has 0 aliphatic heterocycles. The number of carbonyl (C=O) groups excluding carboxylic acids is 1. The number of rotatable bonds is 6. The number of benzene rings is 2. The molecule has 3 nitrogen and oxygen atoms in total. The van der Waals surface area contributed by atoms with Gasteiger partial charge in [-0.15, -0.1) is 0 Å². The predicted molar refractivity (Wildman–Crippen MR) is 96.6 cm³/mol. The Morgan fingerprint density at radius 1 is 1.15 bits per heavy atom. The quantitative estimate of drug-likeness (QED) is 0.746. The Balaban J connectivity index is 2.06. The van der Waals surface area contributed by atoms with Crippen molar-refractivity contribution in [2.75, 3.05) is 18.4 Å². The molecule has 1 atom stereocenters. The van der Waals surface area contributed by atoms with E-state index in [1.165, 1.54) is 18.2 Å². The molecule has 8 heteroatoms. The van der Waals surface area contributed by atoms with E-state index >= 15 is 0 Å². The van der Waals surface area contributed by atoms with Crippen molar-refractivity contribution in [3.8, 4) is 0 Å². The molecule has 1 amide bonds.